The Morgan fingerprint density at radius 3 is 2.34 bits per heavy atom. The molecular formula is C28H25BrN4O7S. The summed E-state index contributed by atoms with van der Waals surface area (Å²) < 4.78 is 19.2. The molecule has 0 fully saturated rings. The summed E-state index contributed by atoms with van der Waals surface area (Å²) in [5.74, 6) is 0.993. The number of nitro benzene ring substituents is 1. The van der Waals surface area contributed by atoms with E-state index in [1.807, 2.05) is 11.5 Å². The molecule has 0 bridgehead atoms. The smallest absolute Gasteiger partial charge is 0.342 e. The molecule has 0 unspecified atom stereocenters. The Hall–Kier alpha value is -4.36. The van der Waals surface area contributed by atoms with Crippen molar-refractivity contribution >= 4 is 45.4 Å². The van der Waals surface area contributed by atoms with Crippen LogP contribution in [0, 0.1) is 10.1 Å². The molecule has 1 aromatic heterocycles. The Morgan fingerprint density at radius 2 is 1.76 bits per heavy atom. The van der Waals surface area contributed by atoms with E-state index in [4.69, 9.17) is 14.2 Å². The summed E-state index contributed by atoms with van der Waals surface area (Å²) in [5.41, 5.74) is 1.93. The topological polar surface area (TPSA) is 139 Å². The fraction of sp³-hybridized carbons (Fsp3) is 0.179. The zero-order valence-electron chi connectivity index (χ0n) is 22.2. The third-order valence-electron chi connectivity index (χ3n) is 5.85. The van der Waals surface area contributed by atoms with E-state index in [-0.39, 0.29) is 17.2 Å². The highest BCUT2D eigenvalue weighted by atomic mass is 79.9. The number of thioether (sulfide) groups is 1. The predicted molar refractivity (Wildman–Crippen MR) is 157 cm³/mol. The Bertz CT molecular complexity index is 1580. The number of ether oxygens (including phenoxy) is 3. The molecule has 0 aliphatic heterocycles. The third kappa shape index (κ3) is 7.24. The van der Waals surface area contributed by atoms with Gasteiger partial charge in [-0.25, -0.2) is 4.79 Å². The summed E-state index contributed by atoms with van der Waals surface area (Å²) in [6.45, 7) is 2.53. The second-order valence-corrected chi connectivity index (χ2v) is 10.4. The van der Waals surface area contributed by atoms with Gasteiger partial charge in [-0.2, -0.15) is 0 Å². The molecule has 212 valence electrons. The highest BCUT2D eigenvalue weighted by molar-refractivity contribution is 9.10. The number of halogens is 1. The first-order chi connectivity index (χ1) is 19.7. The van der Waals surface area contributed by atoms with Gasteiger partial charge in [0.1, 0.15) is 28.8 Å². The van der Waals surface area contributed by atoms with Crippen LogP contribution in [0.25, 0.3) is 17.5 Å². The van der Waals surface area contributed by atoms with Crippen LogP contribution in [0.5, 0.6) is 17.2 Å². The molecule has 0 amide bonds. The number of carboxylic acid groups (broad SMARTS) is 1. The van der Waals surface area contributed by atoms with E-state index in [0.29, 0.717) is 45.9 Å². The van der Waals surface area contributed by atoms with Crippen molar-refractivity contribution in [1.82, 2.24) is 14.8 Å². The van der Waals surface area contributed by atoms with E-state index in [1.54, 1.807) is 62.8 Å². The van der Waals surface area contributed by atoms with Gasteiger partial charge >= 0.3 is 5.97 Å². The Kier molecular flexibility index (Phi) is 9.63. The van der Waals surface area contributed by atoms with E-state index >= 15 is 0 Å². The summed E-state index contributed by atoms with van der Waals surface area (Å²) in [7, 11) is 3.11. The summed E-state index contributed by atoms with van der Waals surface area (Å²) >= 11 is 4.40. The van der Waals surface area contributed by atoms with Gasteiger partial charge in [0, 0.05) is 40.3 Å². The van der Waals surface area contributed by atoms with Gasteiger partial charge in [0.2, 0.25) is 0 Å². The minimum absolute atomic E-state index is 0.000147. The molecule has 41 heavy (non-hydrogen) atoms. The number of methoxy groups -OCH3 is 2. The Labute approximate surface area is 248 Å². The van der Waals surface area contributed by atoms with Crippen LogP contribution in [0.1, 0.15) is 18.1 Å². The van der Waals surface area contributed by atoms with Gasteiger partial charge in [0.15, 0.2) is 11.0 Å². The normalized spacial score (nSPS) is 11.3. The maximum absolute atomic E-state index is 12.3. The molecule has 0 aliphatic rings. The minimum Gasteiger partial charge on any atom is -0.497 e. The molecular weight excluding hydrogens is 616 g/mol. The Balaban J connectivity index is 1.63. The molecule has 0 saturated carbocycles. The van der Waals surface area contributed by atoms with E-state index in [2.05, 4.69) is 26.1 Å². The van der Waals surface area contributed by atoms with E-state index in [9.17, 15) is 20.0 Å². The molecule has 4 rings (SSSR count). The molecule has 0 radical (unpaired) electrons. The van der Waals surface area contributed by atoms with Crippen LogP contribution in [0.3, 0.4) is 0 Å². The van der Waals surface area contributed by atoms with Crippen LogP contribution < -0.4 is 14.2 Å². The first-order valence-corrected chi connectivity index (χ1v) is 13.8. The zero-order valence-corrected chi connectivity index (χ0v) is 24.6. The number of aromatic nitrogens is 3. The van der Waals surface area contributed by atoms with E-state index < -0.39 is 10.9 Å². The summed E-state index contributed by atoms with van der Waals surface area (Å²) in [6, 6.07) is 16.6. The standard InChI is InChI=1S/C28H25BrN4O7S/c1-4-32-26(19-12-22(38-2)15-23(13-19)39-3)30-31-28(32)41-25(27(34)35)14-18-11-20(29)7-10-24(18)40-16-17-5-8-21(9-6-17)33(36)37/h5-15H,4,16H2,1-3H3,(H,34,35)/b25-14-. The van der Waals surface area contributed by atoms with Gasteiger partial charge in [-0.15, -0.1) is 10.2 Å². The number of rotatable bonds is 12. The number of carbonyl (C=O) groups is 1. The van der Waals surface area contributed by atoms with Gasteiger partial charge in [-0.1, -0.05) is 15.9 Å². The van der Waals surface area contributed by atoms with Crippen molar-refractivity contribution in [3.8, 4) is 28.6 Å². The first-order valence-electron chi connectivity index (χ1n) is 12.2. The lowest BCUT2D eigenvalue weighted by atomic mass is 10.2. The molecule has 13 heteroatoms. The molecule has 11 nitrogen and oxygen atoms in total. The maximum atomic E-state index is 12.3. The number of aliphatic carboxylic acids is 1. The molecule has 0 spiro atoms. The molecule has 3 aromatic carbocycles. The monoisotopic (exact) mass is 640 g/mol. The lowest BCUT2D eigenvalue weighted by molar-refractivity contribution is -0.384. The zero-order chi connectivity index (χ0) is 29.5. The lowest BCUT2D eigenvalue weighted by Crippen LogP contribution is -2.03. The van der Waals surface area contributed by atoms with Crippen LogP contribution >= 0.6 is 27.7 Å². The molecule has 0 atom stereocenters. The predicted octanol–water partition coefficient (Wildman–Crippen LogP) is 6.45. The fourth-order valence-corrected chi connectivity index (χ4v) is 5.07. The van der Waals surface area contributed by atoms with Crippen molar-refractivity contribution in [3.05, 3.63) is 91.3 Å². The van der Waals surface area contributed by atoms with Gasteiger partial charge in [-0.3, -0.25) is 10.1 Å². The first kappa shape index (κ1) is 29.6. The number of nitrogens with zero attached hydrogens (tertiary/aromatic N) is 4. The van der Waals surface area contributed by atoms with Crippen LogP contribution in [-0.4, -0.2) is 45.0 Å². The number of non-ortho nitro benzene ring substituents is 1. The lowest BCUT2D eigenvalue weighted by Gasteiger charge is -2.12. The van der Waals surface area contributed by atoms with Crippen LogP contribution in [0.2, 0.25) is 0 Å². The summed E-state index contributed by atoms with van der Waals surface area (Å²) in [5, 5.41) is 30.0. The average Bonchev–Trinajstić information content (AvgIpc) is 3.38. The van der Waals surface area contributed by atoms with Crippen molar-refractivity contribution in [2.45, 2.75) is 25.2 Å². The highest BCUT2D eigenvalue weighted by Gasteiger charge is 2.20. The molecule has 0 saturated heterocycles. The quantitative estimate of drug-likeness (QED) is 0.0795. The van der Waals surface area contributed by atoms with Gasteiger partial charge in [0.05, 0.1) is 19.1 Å². The van der Waals surface area contributed by atoms with E-state index in [0.717, 1.165) is 21.8 Å². The average molecular weight is 642 g/mol. The molecule has 0 aliphatic carbocycles. The van der Waals surface area contributed by atoms with Crippen molar-refractivity contribution < 1.29 is 29.0 Å². The number of nitro groups is 1. The van der Waals surface area contributed by atoms with Gasteiger partial charge < -0.3 is 23.9 Å². The van der Waals surface area contributed by atoms with Crippen molar-refractivity contribution in [2.75, 3.05) is 14.2 Å². The van der Waals surface area contributed by atoms with Crippen molar-refractivity contribution in [1.29, 1.82) is 0 Å². The highest BCUT2D eigenvalue weighted by Crippen LogP contribution is 2.35. The fourth-order valence-electron chi connectivity index (χ4n) is 3.81. The van der Waals surface area contributed by atoms with E-state index in [1.165, 1.54) is 18.2 Å². The van der Waals surface area contributed by atoms with Crippen molar-refractivity contribution in [2.24, 2.45) is 0 Å². The van der Waals surface area contributed by atoms with Gasteiger partial charge in [0.25, 0.3) is 5.69 Å². The number of benzene rings is 3. The van der Waals surface area contributed by atoms with Crippen LogP contribution in [0.4, 0.5) is 5.69 Å². The summed E-state index contributed by atoms with van der Waals surface area (Å²) in [4.78, 5) is 22.8. The Morgan fingerprint density at radius 1 is 1.07 bits per heavy atom. The summed E-state index contributed by atoms with van der Waals surface area (Å²) in [6.07, 6.45) is 1.51. The third-order valence-corrected chi connectivity index (χ3v) is 7.34. The number of carboxylic acids is 1. The van der Waals surface area contributed by atoms with Crippen molar-refractivity contribution in [3.63, 3.8) is 0 Å². The van der Waals surface area contributed by atoms with Gasteiger partial charge in [-0.05, 0) is 72.8 Å². The number of hydrogen-bond acceptors (Lipinski definition) is 9. The largest absolute Gasteiger partial charge is 0.497 e. The van der Waals surface area contributed by atoms with Crippen LogP contribution in [0.15, 0.2) is 75.2 Å². The maximum Gasteiger partial charge on any atom is 0.342 e. The van der Waals surface area contributed by atoms with Crippen LogP contribution in [-0.2, 0) is 17.9 Å². The molecule has 1 N–H and O–H groups in total. The molecule has 1 heterocycles. The molecule has 4 aromatic rings. The SMILES string of the molecule is CCn1c(S/C(=C\c2cc(Br)ccc2OCc2ccc([N+](=O)[O-])cc2)C(=O)O)nnc1-c1cc(OC)cc(OC)c1. The minimum atomic E-state index is -1.15. The second kappa shape index (κ2) is 13.3. The number of hydrogen-bond donors (Lipinski definition) is 1. The second-order valence-electron chi connectivity index (χ2n) is 8.46.